The van der Waals surface area contributed by atoms with E-state index in [0.717, 1.165) is 30.0 Å². The minimum absolute atomic E-state index is 0.112. The van der Waals surface area contributed by atoms with E-state index in [4.69, 9.17) is 5.10 Å². The highest BCUT2D eigenvalue weighted by atomic mass is 16.2. The summed E-state index contributed by atoms with van der Waals surface area (Å²) in [7, 11) is 0. The molecule has 7 rings (SSSR count). The van der Waals surface area contributed by atoms with Gasteiger partial charge in [0.05, 0.1) is 22.9 Å². The number of carbonyl (C=O) groups is 4. The molecule has 0 bridgehead atoms. The van der Waals surface area contributed by atoms with E-state index in [9.17, 15) is 19.2 Å². The van der Waals surface area contributed by atoms with Crippen molar-refractivity contribution < 1.29 is 19.2 Å². The Morgan fingerprint density at radius 2 is 1.52 bits per heavy atom. The van der Waals surface area contributed by atoms with Crippen LogP contribution in [0.25, 0.3) is 0 Å². The van der Waals surface area contributed by atoms with Crippen LogP contribution in [0.2, 0.25) is 0 Å². The first-order chi connectivity index (χ1) is 20.5. The molecular weight excluding hydrogens is 530 g/mol. The Labute approximate surface area is 246 Å². The van der Waals surface area contributed by atoms with Crippen molar-refractivity contribution in [1.82, 2.24) is 20.0 Å². The fraction of sp³-hybridized carbons (Fsp3) is 0.606. The summed E-state index contributed by atoms with van der Waals surface area (Å²) in [6.45, 7) is 0.792. The van der Waals surface area contributed by atoms with E-state index in [1.165, 1.54) is 69.9 Å². The number of amides is 4. The topological polar surface area (TPSA) is 113 Å². The number of fused-ring (bicyclic) bond motifs is 1. The fourth-order valence-electron chi connectivity index (χ4n) is 7.95. The fourth-order valence-corrected chi connectivity index (χ4v) is 7.95. The molecule has 3 saturated carbocycles. The highest BCUT2D eigenvalue weighted by Crippen LogP contribution is 2.44. The minimum Gasteiger partial charge on any atom is -0.385 e. The van der Waals surface area contributed by atoms with Crippen LogP contribution in [0.1, 0.15) is 140 Å². The lowest BCUT2D eigenvalue weighted by molar-refractivity contribution is -0.136. The Morgan fingerprint density at radius 3 is 2.24 bits per heavy atom. The third kappa shape index (κ3) is 5.05. The van der Waals surface area contributed by atoms with Gasteiger partial charge in [0.1, 0.15) is 6.04 Å². The minimum atomic E-state index is -0.946. The van der Waals surface area contributed by atoms with E-state index in [0.29, 0.717) is 34.9 Å². The number of anilines is 1. The molecule has 3 aliphatic carbocycles. The predicted molar refractivity (Wildman–Crippen MR) is 157 cm³/mol. The molecule has 1 unspecified atom stereocenters. The van der Waals surface area contributed by atoms with Gasteiger partial charge in [0.2, 0.25) is 11.8 Å². The van der Waals surface area contributed by atoms with Crippen LogP contribution < -0.4 is 10.6 Å². The summed E-state index contributed by atoms with van der Waals surface area (Å²) < 4.78 is 2.30. The van der Waals surface area contributed by atoms with Crippen LogP contribution in [0.15, 0.2) is 24.4 Å². The molecule has 1 aromatic heterocycles. The number of carbonyl (C=O) groups excluding carboxylic acids is 4. The molecule has 1 atom stereocenters. The monoisotopic (exact) mass is 571 g/mol. The summed E-state index contributed by atoms with van der Waals surface area (Å²) in [6.07, 6.45) is 18.1. The van der Waals surface area contributed by atoms with Crippen LogP contribution in [0, 0.1) is 5.92 Å². The number of imide groups is 2. The summed E-state index contributed by atoms with van der Waals surface area (Å²) >= 11 is 0. The molecule has 3 heterocycles. The predicted octanol–water partition coefficient (Wildman–Crippen LogP) is 5.44. The number of aromatic nitrogens is 2. The zero-order valence-electron chi connectivity index (χ0n) is 24.3. The zero-order chi connectivity index (χ0) is 28.8. The van der Waals surface area contributed by atoms with Crippen LogP contribution in [0.4, 0.5) is 5.69 Å². The number of nitrogens with one attached hydrogen (secondary N) is 2. The highest BCUT2D eigenvalue weighted by molar-refractivity contribution is 6.23. The lowest BCUT2D eigenvalue weighted by Gasteiger charge is -2.36. The Bertz CT molecular complexity index is 1360. The largest absolute Gasteiger partial charge is 0.385 e. The molecule has 4 fully saturated rings. The average Bonchev–Trinajstić information content (AvgIpc) is 3.52. The maximum absolute atomic E-state index is 13.2. The lowest BCUT2D eigenvalue weighted by atomic mass is 9.79. The molecule has 1 saturated heterocycles. The first-order valence-electron chi connectivity index (χ1n) is 16.1. The standard InChI is InChI=1S/C33H41N5O4/c39-29-14-13-28(31(40)35-29)38-32(41)25-12-11-23(17-26(25)33(38)42)34-18-20-15-24(16-20)37-19-27(21-7-3-1-4-8-21)30(36-37)22-9-5-2-6-10-22/h11-12,17,19-22,24,28,34H,1-10,13-16,18H2,(H,35,39,40)/t20-,24-,28?. The van der Waals surface area contributed by atoms with E-state index in [-0.39, 0.29) is 18.7 Å². The summed E-state index contributed by atoms with van der Waals surface area (Å²) in [5.74, 6) is -0.0829. The Balaban J connectivity index is 0.979. The van der Waals surface area contributed by atoms with Gasteiger partial charge >= 0.3 is 0 Å². The van der Waals surface area contributed by atoms with Crippen LogP contribution in [-0.4, -0.2) is 50.9 Å². The number of nitrogens with zero attached hydrogens (tertiary/aromatic N) is 3. The Kier molecular flexibility index (Phi) is 7.36. The molecule has 5 aliphatic rings. The molecule has 2 aromatic rings. The quantitative estimate of drug-likeness (QED) is 0.428. The molecular formula is C33H41N5O4. The van der Waals surface area contributed by atoms with Crippen LogP contribution >= 0.6 is 0 Å². The molecule has 1 aromatic carbocycles. The van der Waals surface area contributed by atoms with Crippen LogP contribution in [-0.2, 0) is 9.59 Å². The second kappa shape index (κ2) is 11.3. The van der Waals surface area contributed by atoms with Crippen molar-refractivity contribution in [3.8, 4) is 0 Å². The summed E-state index contributed by atoms with van der Waals surface area (Å²) in [6, 6.07) is 4.71. The second-order valence-electron chi connectivity index (χ2n) is 13.2. The van der Waals surface area contributed by atoms with Crippen LogP contribution in [0.5, 0.6) is 0 Å². The molecule has 2 aliphatic heterocycles. The Morgan fingerprint density at radius 1 is 0.833 bits per heavy atom. The van der Waals surface area contributed by atoms with Gasteiger partial charge in [0.15, 0.2) is 0 Å². The number of rotatable bonds is 7. The van der Waals surface area contributed by atoms with Crippen molar-refractivity contribution in [2.24, 2.45) is 5.92 Å². The van der Waals surface area contributed by atoms with E-state index in [2.05, 4.69) is 21.5 Å². The van der Waals surface area contributed by atoms with E-state index < -0.39 is 23.8 Å². The smallest absolute Gasteiger partial charge is 0.262 e. The number of hydrogen-bond donors (Lipinski definition) is 2. The van der Waals surface area contributed by atoms with Gasteiger partial charge in [-0.05, 0) is 80.5 Å². The first-order valence-corrected chi connectivity index (χ1v) is 16.1. The second-order valence-corrected chi connectivity index (χ2v) is 13.2. The Hall–Kier alpha value is -3.49. The molecule has 4 amide bonds. The summed E-state index contributed by atoms with van der Waals surface area (Å²) in [5.41, 5.74) is 4.36. The third-order valence-corrected chi connectivity index (χ3v) is 10.4. The van der Waals surface area contributed by atoms with Crippen molar-refractivity contribution in [1.29, 1.82) is 0 Å². The van der Waals surface area contributed by atoms with Gasteiger partial charge in [0, 0.05) is 30.8 Å². The van der Waals surface area contributed by atoms with Gasteiger partial charge in [-0.2, -0.15) is 5.10 Å². The summed E-state index contributed by atoms with van der Waals surface area (Å²) in [4.78, 5) is 51.0. The molecule has 2 N–H and O–H groups in total. The summed E-state index contributed by atoms with van der Waals surface area (Å²) in [5, 5.41) is 11.0. The van der Waals surface area contributed by atoms with Crippen molar-refractivity contribution in [2.45, 2.75) is 114 Å². The van der Waals surface area contributed by atoms with Gasteiger partial charge in [-0.15, -0.1) is 0 Å². The van der Waals surface area contributed by atoms with Crippen molar-refractivity contribution >= 4 is 29.3 Å². The van der Waals surface area contributed by atoms with E-state index >= 15 is 0 Å². The van der Waals surface area contributed by atoms with Gasteiger partial charge in [0.25, 0.3) is 11.8 Å². The number of piperidine rings is 1. The van der Waals surface area contributed by atoms with E-state index in [1.807, 2.05) is 6.07 Å². The van der Waals surface area contributed by atoms with Gasteiger partial charge in [-0.25, -0.2) is 0 Å². The first kappa shape index (κ1) is 27.3. The van der Waals surface area contributed by atoms with Crippen LogP contribution in [0.3, 0.4) is 0 Å². The highest BCUT2D eigenvalue weighted by Gasteiger charge is 2.44. The third-order valence-electron chi connectivity index (χ3n) is 10.4. The van der Waals surface area contributed by atoms with Gasteiger partial charge in [-0.1, -0.05) is 38.5 Å². The number of benzene rings is 1. The molecule has 9 heteroatoms. The molecule has 0 radical (unpaired) electrons. The SMILES string of the molecule is O=C1CCC(N2C(=O)c3ccc(NC[C@H]4C[C@H](n5cc(C6CCCCC6)c(C6CCCCC6)n5)C4)cc3C2=O)C(=O)N1. The van der Waals surface area contributed by atoms with Gasteiger partial charge < -0.3 is 5.32 Å². The normalized spacial score (nSPS) is 27.1. The van der Waals surface area contributed by atoms with Crippen molar-refractivity contribution in [2.75, 3.05) is 11.9 Å². The maximum atomic E-state index is 13.2. The molecule has 0 spiro atoms. The maximum Gasteiger partial charge on any atom is 0.262 e. The number of hydrogen-bond acceptors (Lipinski definition) is 6. The zero-order valence-corrected chi connectivity index (χ0v) is 24.3. The molecule has 9 nitrogen and oxygen atoms in total. The van der Waals surface area contributed by atoms with E-state index in [1.54, 1.807) is 17.7 Å². The average molecular weight is 572 g/mol. The van der Waals surface area contributed by atoms with Crippen molar-refractivity contribution in [3.63, 3.8) is 0 Å². The molecule has 222 valence electrons. The van der Waals surface area contributed by atoms with Crippen molar-refractivity contribution in [3.05, 3.63) is 46.8 Å². The lowest BCUT2D eigenvalue weighted by Crippen LogP contribution is -2.54. The molecule has 42 heavy (non-hydrogen) atoms. The van der Waals surface area contributed by atoms with Gasteiger partial charge in [-0.3, -0.25) is 34.1 Å².